The Hall–Kier alpha value is -3.35. The first kappa shape index (κ1) is 20.9. The van der Waals surface area contributed by atoms with Gasteiger partial charge < -0.3 is 15.2 Å². The maximum atomic E-state index is 13.0. The van der Waals surface area contributed by atoms with Crippen LogP contribution in [0.25, 0.3) is 11.0 Å². The van der Waals surface area contributed by atoms with Gasteiger partial charge in [0.1, 0.15) is 6.04 Å². The molecule has 0 aliphatic carbocycles. The van der Waals surface area contributed by atoms with Gasteiger partial charge in [0.15, 0.2) is 0 Å². The lowest BCUT2D eigenvalue weighted by molar-refractivity contribution is -0.123. The van der Waals surface area contributed by atoms with E-state index in [-0.39, 0.29) is 17.9 Å². The quantitative estimate of drug-likeness (QED) is 0.577. The van der Waals surface area contributed by atoms with Crippen molar-refractivity contribution >= 4 is 28.9 Å². The zero-order valence-electron chi connectivity index (χ0n) is 18.0. The van der Waals surface area contributed by atoms with Gasteiger partial charge in [-0.25, -0.2) is 9.78 Å². The molecule has 1 atom stereocenters. The lowest BCUT2D eigenvalue weighted by atomic mass is 10.0. The predicted molar refractivity (Wildman–Crippen MR) is 122 cm³/mol. The number of benzene rings is 2. The fourth-order valence-corrected chi connectivity index (χ4v) is 3.99. The standard InChI is InChI=1S/C24H29N5O2/c1-17(2)21(22(30)25-14-8-11-18-9-4-3-5-10-18)27-24(31)29-16-15-28-20-13-7-6-12-19(20)26-23(28)29/h3-7,9-10,12-13,17,21H,8,11,14-16H2,1-2H3,(H,25,30)(H,27,31). The minimum absolute atomic E-state index is 0.0282. The van der Waals surface area contributed by atoms with Crippen molar-refractivity contribution in [2.75, 3.05) is 18.0 Å². The van der Waals surface area contributed by atoms with Crippen molar-refractivity contribution < 1.29 is 9.59 Å². The molecule has 1 aliphatic heterocycles. The maximum absolute atomic E-state index is 13.0. The van der Waals surface area contributed by atoms with E-state index in [1.54, 1.807) is 4.90 Å². The molecule has 0 saturated carbocycles. The number of aryl methyl sites for hydroxylation is 1. The lowest BCUT2D eigenvalue weighted by Crippen LogP contribution is -2.53. The number of anilines is 1. The first-order chi connectivity index (χ1) is 15.0. The van der Waals surface area contributed by atoms with Gasteiger partial charge in [0.2, 0.25) is 11.9 Å². The summed E-state index contributed by atoms with van der Waals surface area (Å²) in [7, 11) is 0. The molecule has 2 aromatic carbocycles. The van der Waals surface area contributed by atoms with Crippen LogP contribution in [0.3, 0.4) is 0 Å². The molecule has 1 aliphatic rings. The molecule has 162 valence electrons. The molecule has 3 aromatic rings. The second-order valence-electron chi connectivity index (χ2n) is 8.26. The number of nitrogens with zero attached hydrogens (tertiary/aromatic N) is 3. The number of rotatable bonds is 7. The number of nitrogens with one attached hydrogen (secondary N) is 2. The number of aromatic nitrogens is 2. The highest BCUT2D eigenvalue weighted by atomic mass is 16.2. The Balaban J connectivity index is 1.35. The van der Waals surface area contributed by atoms with Gasteiger partial charge in [-0.15, -0.1) is 0 Å². The number of hydrogen-bond donors (Lipinski definition) is 2. The largest absolute Gasteiger partial charge is 0.354 e. The highest BCUT2D eigenvalue weighted by Crippen LogP contribution is 2.27. The summed E-state index contributed by atoms with van der Waals surface area (Å²) in [5, 5.41) is 5.90. The van der Waals surface area contributed by atoms with E-state index >= 15 is 0 Å². The van der Waals surface area contributed by atoms with Crippen molar-refractivity contribution in [2.45, 2.75) is 39.3 Å². The van der Waals surface area contributed by atoms with E-state index in [9.17, 15) is 9.59 Å². The molecule has 31 heavy (non-hydrogen) atoms. The van der Waals surface area contributed by atoms with Crippen LogP contribution < -0.4 is 15.5 Å². The number of carbonyl (C=O) groups is 2. The molecule has 1 unspecified atom stereocenters. The monoisotopic (exact) mass is 419 g/mol. The van der Waals surface area contributed by atoms with Crippen LogP contribution in [0, 0.1) is 5.92 Å². The zero-order valence-corrected chi connectivity index (χ0v) is 18.0. The van der Waals surface area contributed by atoms with E-state index in [2.05, 4.69) is 27.8 Å². The Morgan fingerprint density at radius 2 is 1.77 bits per heavy atom. The van der Waals surface area contributed by atoms with Gasteiger partial charge in [0.25, 0.3) is 0 Å². The van der Waals surface area contributed by atoms with Crippen molar-refractivity contribution in [3.05, 3.63) is 60.2 Å². The summed E-state index contributed by atoms with van der Waals surface area (Å²) in [5.41, 5.74) is 3.14. The first-order valence-electron chi connectivity index (χ1n) is 10.9. The number of hydrogen-bond acceptors (Lipinski definition) is 3. The fourth-order valence-electron chi connectivity index (χ4n) is 3.99. The smallest absolute Gasteiger partial charge is 0.324 e. The summed E-state index contributed by atoms with van der Waals surface area (Å²) in [6.45, 7) is 5.69. The van der Waals surface area contributed by atoms with Gasteiger partial charge >= 0.3 is 6.03 Å². The zero-order chi connectivity index (χ0) is 21.8. The van der Waals surface area contributed by atoms with Crippen LogP contribution in [0.2, 0.25) is 0 Å². The molecule has 0 fully saturated rings. The molecule has 7 nitrogen and oxygen atoms in total. The lowest BCUT2D eigenvalue weighted by Gasteiger charge is -2.24. The summed E-state index contributed by atoms with van der Waals surface area (Å²) in [5.74, 6) is 0.452. The van der Waals surface area contributed by atoms with Crippen LogP contribution in [0.15, 0.2) is 54.6 Å². The van der Waals surface area contributed by atoms with Gasteiger partial charge in [-0.3, -0.25) is 9.69 Å². The van der Waals surface area contributed by atoms with Gasteiger partial charge in [-0.1, -0.05) is 56.3 Å². The number of urea groups is 1. The molecule has 2 heterocycles. The Morgan fingerprint density at radius 1 is 1.03 bits per heavy atom. The number of carbonyl (C=O) groups excluding carboxylic acids is 2. The van der Waals surface area contributed by atoms with Crippen LogP contribution in [-0.2, 0) is 17.8 Å². The number of para-hydroxylation sites is 2. The van der Waals surface area contributed by atoms with Gasteiger partial charge in [-0.2, -0.15) is 0 Å². The summed E-state index contributed by atoms with van der Waals surface area (Å²) in [6.07, 6.45) is 1.76. The van der Waals surface area contributed by atoms with Crippen LogP contribution in [0.4, 0.5) is 10.7 Å². The summed E-state index contributed by atoms with van der Waals surface area (Å²) in [6, 6.07) is 17.2. The van der Waals surface area contributed by atoms with Crippen molar-refractivity contribution in [3.8, 4) is 0 Å². The Morgan fingerprint density at radius 3 is 2.55 bits per heavy atom. The topological polar surface area (TPSA) is 79.3 Å². The second kappa shape index (κ2) is 9.20. The highest BCUT2D eigenvalue weighted by Gasteiger charge is 2.32. The molecule has 3 amide bonds. The predicted octanol–water partition coefficient (Wildman–Crippen LogP) is 3.34. The summed E-state index contributed by atoms with van der Waals surface area (Å²) < 4.78 is 2.04. The summed E-state index contributed by atoms with van der Waals surface area (Å²) in [4.78, 5) is 32.0. The third kappa shape index (κ3) is 4.55. The van der Waals surface area contributed by atoms with Crippen molar-refractivity contribution in [2.24, 2.45) is 5.92 Å². The van der Waals surface area contributed by atoms with E-state index in [0.717, 1.165) is 23.9 Å². The van der Waals surface area contributed by atoms with E-state index in [1.807, 2.05) is 60.9 Å². The van der Waals surface area contributed by atoms with Gasteiger partial charge in [0, 0.05) is 19.6 Å². The molecule has 7 heteroatoms. The molecule has 0 bridgehead atoms. The Bertz CT molecular complexity index is 1060. The highest BCUT2D eigenvalue weighted by molar-refractivity contribution is 5.96. The van der Waals surface area contributed by atoms with Crippen LogP contribution in [-0.4, -0.2) is 40.6 Å². The van der Waals surface area contributed by atoms with Gasteiger partial charge in [-0.05, 0) is 36.5 Å². The molecule has 4 rings (SSSR count). The minimum atomic E-state index is -0.595. The number of fused-ring (bicyclic) bond motifs is 3. The Labute approximate surface area is 182 Å². The normalized spacial score (nSPS) is 14.0. The van der Waals surface area contributed by atoms with Crippen LogP contribution in [0.5, 0.6) is 0 Å². The second-order valence-corrected chi connectivity index (χ2v) is 8.26. The summed E-state index contributed by atoms with van der Waals surface area (Å²) >= 11 is 0. The third-order valence-corrected chi connectivity index (χ3v) is 5.68. The molecule has 0 saturated heterocycles. The minimum Gasteiger partial charge on any atom is -0.354 e. The van der Waals surface area contributed by atoms with Gasteiger partial charge in [0.05, 0.1) is 11.0 Å². The molecular weight excluding hydrogens is 390 g/mol. The Kier molecular flexibility index (Phi) is 6.21. The van der Waals surface area contributed by atoms with E-state index in [1.165, 1.54) is 5.56 Å². The SMILES string of the molecule is CC(C)C(NC(=O)N1CCn2c1nc1ccccc12)C(=O)NCCCc1ccccc1. The number of amides is 3. The molecule has 0 radical (unpaired) electrons. The molecule has 0 spiro atoms. The molecular formula is C24H29N5O2. The maximum Gasteiger partial charge on any atom is 0.324 e. The van der Waals surface area contributed by atoms with Crippen molar-refractivity contribution in [1.29, 1.82) is 0 Å². The average molecular weight is 420 g/mol. The molecule has 1 aromatic heterocycles. The van der Waals surface area contributed by atoms with Crippen molar-refractivity contribution in [1.82, 2.24) is 20.2 Å². The average Bonchev–Trinajstić information content (AvgIpc) is 3.34. The fraction of sp³-hybridized carbons (Fsp3) is 0.375. The van der Waals surface area contributed by atoms with Crippen molar-refractivity contribution in [3.63, 3.8) is 0 Å². The number of imidazole rings is 1. The van der Waals surface area contributed by atoms with Crippen LogP contribution >= 0.6 is 0 Å². The third-order valence-electron chi connectivity index (χ3n) is 5.68. The molecule has 2 N–H and O–H groups in total. The first-order valence-corrected chi connectivity index (χ1v) is 10.9. The van der Waals surface area contributed by atoms with E-state index < -0.39 is 6.04 Å². The van der Waals surface area contributed by atoms with E-state index in [4.69, 9.17) is 0 Å². The van der Waals surface area contributed by atoms with E-state index in [0.29, 0.717) is 25.6 Å². The van der Waals surface area contributed by atoms with Crippen LogP contribution in [0.1, 0.15) is 25.8 Å².